The van der Waals surface area contributed by atoms with Crippen LogP contribution in [0.25, 0.3) is 0 Å². The summed E-state index contributed by atoms with van der Waals surface area (Å²) >= 11 is 0. The third-order valence-corrected chi connectivity index (χ3v) is 6.01. The van der Waals surface area contributed by atoms with Gasteiger partial charge in [0.15, 0.2) is 0 Å². The second kappa shape index (κ2) is 10.9. The van der Waals surface area contributed by atoms with Gasteiger partial charge in [-0.2, -0.15) is 5.10 Å². The van der Waals surface area contributed by atoms with E-state index in [-0.39, 0.29) is 24.7 Å². The summed E-state index contributed by atoms with van der Waals surface area (Å²) in [5, 5.41) is 8.90. The number of rotatable bonds is 8. The fourth-order valence-electron chi connectivity index (χ4n) is 4.13. The molecule has 7 nitrogen and oxygen atoms in total. The van der Waals surface area contributed by atoms with Gasteiger partial charge < -0.3 is 10.2 Å². The van der Waals surface area contributed by atoms with Gasteiger partial charge in [0.05, 0.1) is 12.3 Å². The van der Waals surface area contributed by atoms with Gasteiger partial charge in [-0.25, -0.2) is 5.01 Å². The molecule has 0 atom stereocenters. The third kappa shape index (κ3) is 5.95. The van der Waals surface area contributed by atoms with E-state index in [1.54, 1.807) is 0 Å². The predicted molar refractivity (Wildman–Crippen MR) is 127 cm³/mol. The molecule has 2 aromatic rings. The summed E-state index contributed by atoms with van der Waals surface area (Å²) in [6.45, 7) is 5.98. The van der Waals surface area contributed by atoms with Crippen molar-refractivity contribution in [2.75, 3.05) is 50.7 Å². The van der Waals surface area contributed by atoms with E-state index in [9.17, 15) is 9.59 Å². The maximum atomic E-state index is 12.4. The van der Waals surface area contributed by atoms with Crippen LogP contribution in [0, 0.1) is 0 Å². The van der Waals surface area contributed by atoms with E-state index in [4.69, 9.17) is 0 Å². The van der Waals surface area contributed by atoms with Gasteiger partial charge in [-0.15, -0.1) is 0 Å². The average molecular weight is 434 g/mol. The number of carbonyl (C=O) groups excluding carboxylic acids is 2. The summed E-state index contributed by atoms with van der Waals surface area (Å²) in [6, 6.07) is 20.4. The third-order valence-electron chi connectivity index (χ3n) is 6.01. The second-order valence-electron chi connectivity index (χ2n) is 8.19. The van der Waals surface area contributed by atoms with Gasteiger partial charge in [-0.05, 0) is 17.7 Å². The highest BCUT2D eigenvalue weighted by Gasteiger charge is 2.22. The zero-order valence-corrected chi connectivity index (χ0v) is 18.4. The summed E-state index contributed by atoms with van der Waals surface area (Å²) in [4.78, 5) is 29.4. The van der Waals surface area contributed by atoms with Crippen molar-refractivity contribution in [2.24, 2.45) is 5.10 Å². The maximum absolute atomic E-state index is 12.4. The molecule has 7 heteroatoms. The number of piperazine rings is 1. The van der Waals surface area contributed by atoms with Gasteiger partial charge in [0, 0.05) is 64.2 Å². The number of hydrogen-bond donors (Lipinski definition) is 1. The second-order valence-corrected chi connectivity index (χ2v) is 8.19. The lowest BCUT2D eigenvalue weighted by atomic mass is 10.1. The van der Waals surface area contributed by atoms with Crippen LogP contribution < -0.4 is 10.2 Å². The minimum absolute atomic E-state index is 0.0762. The van der Waals surface area contributed by atoms with E-state index in [0.717, 1.165) is 50.4 Å². The molecule has 1 saturated heterocycles. The monoisotopic (exact) mass is 433 g/mol. The highest BCUT2D eigenvalue weighted by atomic mass is 16.2. The lowest BCUT2D eigenvalue weighted by Crippen LogP contribution is -2.48. The quantitative estimate of drug-likeness (QED) is 0.694. The zero-order valence-electron chi connectivity index (χ0n) is 18.4. The van der Waals surface area contributed by atoms with Crippen LogP contribution in [0.3, 0.4) is 0 Å². The van der Waals surface area contributed by atoms with Crippen LogP contribution in [-0.4, -0.2) is 73.2 Å². The number of nitrogens with zero attached hydrogens (tertiary/aromatic N) is 4. The number of benzene rings is 2. The smallest absolute Gasteiger partial charge is 0.243 e. The summed E-state index contributed by atoms with van der Waals surface area (Å²) < 4.78 is 0. The standard InChI is InChI=1S/C25H31N5O2/c31-24(11-12-25(32)30-15-13-23(27-30)21-7-3-1-4-8-21)26-14-16-28-17-19-29(20-18-28)22-9-5-2-6-10-22/h1-10H,11-20H2,(H,26,31). The Balaban J connectivity index is 1.11. The zero-order chi connectivity index (χ0) is 22.2. The average Bonchev–Trinajstić information content (AvgIpc) is 3.35. The van der Waals surface area contributed by atoms with Crippen molar-refractivity contribution in [3.05, 3.63) is 66.2 Å². The highest BCUT2D eigenvalue weighted by Crippen LogP contribution is 2.16. The number of nitrogens with one attached hydrogen (secondary N) is 1. The van der Waals surface area contributed by atoms with Crippen molar-refractivity contribution in [1.29, 1.82) is 0 Å². The van der Waals surface area contributed by atoms with Crippen molar-refractivity contribution in [1.82, 2.24) is 15.2 Å². The molecule has 2 heterocycles. The fraction of sp³-hybridized carbons (Fsp3) is 0.400. The summed E-state index contributed by atoms with van der Waals surface area (Å²) in [5.74, 6) is -0.171. The first-order valence-electron chi connectivity index (χ1n) is 11.4. The molecular weight excluding hydrogens is 402 g/mol. The van der Waals surface area contributed by atoms with E-state index in [0.29, 0.717) is 13.1 Å². The first-order chi connectivity index (χ1) is 15.7. The van der Waals surface area contributed by atoms with Gasteiger partial charge in [0.1, 0.15) is 0 Å². The largest absolute Gasteiger partial charge is 0.369 e. The number of hydrogen-bond acceptors (Lipinski definition) is 5. The molecule has 4 rings (SSSR count). The molecule has 0 saturated carbocycles. The fourth-order valence-corrected chi connectivity index (χ4v) is 4.13. The van der Waals surface area contributed by atoms with E-state index in [2.05, 4.69) is 44.5 Å². The van der Waals surface area contributed by atoms with Crippen molar-refractivity contribution < 1.29 is 9.59 Å². The Kier molecular flexibility index (Phi) is 7.51. The summed E-state index contributed by atoms with van der Waals surface area (Å²) in [7, 11) is 0. The summed E-state index contributed by atoms with van der Waals surface area (Å²) in [5.41, 5.74) is 3.24. The highest BCUT2D eigenvalue weighted by molar-refractivity contribution is 6.02. The number of anilines is 1. The van der Waals surface area contributed by atoms with Crippen molar-refractivity contribution >= 4 is 23.2 Å². The predicted octanol–water partition coefficient (Wildman–Crippen LogP) is 2.34. The number of hydrazone groups is 1. The van der Waals surface area contributed by atoms with Gasteiger partial charge in [-0.1, -0.05) is 48.5 Å². The van der Waals surface area contributed by atoms with Crippen molar-refractivity contribution in [3.8, 4) is 0 Å². The molecule has 0 aromatic heterocycles. The number of para-hydroxylation sites is 1. The lowest BCUT2D eigenvalue weighted by molar-refractivity contribution is -0.133. The van der Waals surface area contributed by atoms with Crippen LogP contribution in [0.15, 0.2) is 65.8 Å². The minimum atomic E-state index is -0.0943. The molecule has 32 heavy (non-hydrogen) atoms. The topological polar surface area (TPSA) is 68.2 Å². The van der Waals surface area contributed by atoms with Crippen LogP contribution in [0.1, 0.15) is 24.8 Å². The van der Waals surface area contributed by atoms with Crippen LogP contribution in [-0.2, 0) is 9.59 Å². The molecular formula is C25H31N5O2. The van der Waals surface area contributed by atoms with Crippen LogP contribution in [0.5, 0.6) is 0 Å². The number of amides is 2. The Bertz CT molecular complexity index is 924. The molecule has 2 aliphatic rings. The Morgan fingerprint density at radius 3 is 2.25 bits per heavy atom. The molecule has 0 unspecified atom stereocenters. The molecule has 1 N–H and O–H groups in total. The van der Waals surface area contributed by atoms with Gasteiger partial charge >= 0.3 is 0 Å². The molecule has 0 bridgehead atoms. The molecule has 2 amide bonds. The summed E-state index contributed by atoms with van der Waals surface area (Å²) in [6.07, 6.45) is 1.14. The van der Waals surface area contributed by atoms with Gasteiger partial charge in [0.25, 0.3) is 0 Å². The van der Waals surface area contributed by atoms with Crippen molar-refractivity contribution in [3.63, 3.8) is 0 Å². The molecule has 2 aromatic carbocycles. The molecule has 0 aliphatic carbocycles. The first kappa shape index (κ1) is 22.0. The Morgan fingerprint density at radius 2 is 1.53 bits per heavy atom. The van der Waals surface area contributed by atoms with E-state index in [1.807, 2.05) is 36.4 Å². The normalized spacial score (nSPS) is 16.7. The Hall–Kier alpha value is -3.19. The maximum Gasteiger partial charge on any atom is 0.243 e. The molecule has 168 valence electrons. The van der Waals surface area contributed by atoms with E-state index >= 15 is 0 Å². The van der Waals surface area contributed by atoms with Crippen LogP contribution >= 0.6 is 0 Å². The van der Waals surface area contributed by atoms with E-state index in [1.165, 1.54) is 10.7 Å². The lowest BCUT2D eigenvalue weighted by Gasteiger charge is -2.36. The molecule has 2 aliphatic heterocycles. The minimum Gasteiger partial charge on any atom is -0.369 e. The van der Waals surface area contributed by atoms with E-state index < -0.39 is 0 Å². The SMILES string of the molecule is O=C(CCC(=O)N1CCC(c2ccccc2)=N1)NCCN1CCN(c2ccccc2)CC1. The Morgan fingerprint density at radius 1 is 0.844 bits per heavy atom. The molecule has 0 radical (unpaired) electrons. The molecule has 0 spiro atoms. The van der Waals surface area contributed by atoms with Gasteiger partial charge in [0.2, 0.25) is 11.8 Å². The van der Waals surface area contributed by atoms with Crippen LogP contribution in [0.4, 0.5) is 5.69 Å². The van der Waals surface area contributed by atoms with Crippen molar-refractivity contribution in [2.45, 2.75) is 19.3 Å². The van der Waals surface area contributed by atoms with Gasteiger partial charge in [-0.3, -0.25) is 14.5 Å². The van der Waals surface area contributed by atoms with Crippen LogP contribution in [0.2, 0.25) is 0 Å². The Labute approximate surface area is 189 Å². The number of carbonyl (C=O) groups is 2. The molecule has 1 fully saturated rings. The first-order valence-corrected chi connectivity index (χ1v) is 11.4.